The normalized spacial score (nSPS) is 12.9. The summed E-state index contributed by atoms with van der Waals surface area (Å²) in [5.74, 6) is -0.0422. The number of fused-ring (bicyclic) bond motifs is 1. The maximum Gasteiger partial charge on any atom is 0.306 e. The van der Waals surface area contributed by atoms with E-state index in [1.54, 1.807) is 32.0 Å². The molecule has 0 saturated heterocycles. The zero-order chi connectivity index (χ0) is 14.0. The number of carboxylic acids is 1. The van der Waals surface area contributed by atoms with Gasteiger partial charge in [0.1, 0.15) is 17.1 Å². The Morgan fingerprint density at radius 1 is 1.37 bits per heavy atom. The number of carbonyl (C=O) groups is 2. The minimum absolute atomic E-state index is 0.0171. The summed E-state index contributed by atoms with van der Waals surface area (Å²) < 4.78 is 10.8. The van der Waals surface area contributed by atoms with Crippen LogP contribution in [0.3, 0.4) is 0 Å². The molecule has 0 fully saturated rings. The molecular weight excluding hydrogens is 248 g/mol. The molecule has 0 unspecified atom stereocenters. The predicted molar refractivity (Wildman–Crippen MR) is 67.5 cm³/mol. The van der Waals surface area contributed by atoms with E-state index in [4.69, 9.17) is 14.6 Å². The number of allylic oxidation sites excluding steroid dienone is 2. The quantitative estimate of drug-likeness (QED) is 0.843. The van der Waals surface area contributed by atoms with E-state index in [-0.39, 0.29) is 18.8 Å². The monoisotopic (exact) mass is 262 g/mol. The fourth-order valence-corrected chi connectivity index (χ4v) is 1.79. The van der Waals surface area contributed by atoms with Crippen LogP contribution < -0.4 is 9.47 Å². The van der Waals surface area contributed by atoms with Gasteiger partial charge in [-0.2, -0.15) is 0 Å². The van der Waals surface area contributed by atoms with E-state index in [0.717, 1.165) is 5.57 Å². The third-order valence-electron chi connectivity index (χ3n) is 2.66. The van der Waals surface area contributed by atoms with Crippen LogP contribution >= 0.6 is 0 Å². The molecular formula is C14H14O5. The second kappa shape index (κ2) is 5.14. The van der Waals surface area contributed by atoms with Gasteiger partial charge in [0.2, 0.25) is 5.78 Å². The highest BCUT2D eigenvalue weighted by atomic mass is 16.5. The summed E-state index contributed by atoms with van der Waals surface area (Å²) in [6, 6.07) is 5.03. The van der Waals surface area contributed by atoms with Crippen LogP contribution in [0, 0.1) is 0 Å². The average molecular weight is 262 g/mol. The number of carbonyl (C=O) groups excluding carboxylic acids is 1. The van der Waals surface area contributed by atoms with Gasteiger partial charge >= 0.3 is 5.97 Å². The first-order valence-electron chi connectivity index (χ1n) is 5.88. The molecule has 0 saturated carbocycles. The van der Waals surface area contributed by atoms with Gasteiger partial charge in [0, 0.05) is 0 Å². The van der Waals surface area contributed by atoms with Crippen LogP contribution in [0.1, 0.15) is 30.6 Å². The molecule has 1 aliphatic heterocycles. The Hall–Kier alpha value is -2.30. The summed E-state index contributed by atoms with van der Waals surface area (Å²) >= 11 is 0. The standard InChI is InChI=1S/C14H14O5/c1-8(2)14-13(17)12-9(18-7-6-11(15)16)4-3-5-10(12)19-14/h3-5H,6-7H2,1-2H3,(H,15,16). The van der Waals surface area contributed by atoms with Crippen LogP contribution in [-0.4, -0.2) is 23.5 Å². The van der Waals surface area contributed by atoms with E-state index in [9.17, 15) is 9.59 Å². The lowest BCUT2D eigenvalue weighted by atomic mass is 10.1. The van der Waals surface area contributed by atoms with Crippen molar-refractivity contribution < 1.29 is 24.2 Å². The molecule has 5 nitrogen and oxygen atoms in total. The van der Waals surface area contributed by atoms with E-state index < -0.39 is 5.97 Å². The van der Waals surface area contributed by atoms with Crippen molar-refractivity contribution in [2.24, 2.45) is 0 Å². The largest absolute Gasteiger partial charge is 0.492 e. The molecule has 0 atom stereocenters. The Morgan fingerprint density at radius 2 is 2.11 bits per heavy atom. The first-order chi connectivity index (χ1) is 9.00. The Kier molecular flexibility index (Phi) is 3.55. The molecule has 1 aliphatic rings. The molecule has 0 aliphatic carbocycles. The summed E-state index contributed by atoms with van der Waals surface area (Å²) in [5, 5.41) is 8.57. The smallest absolute Gasteiger partial charge is 0.306 e. The van der Waals surface area contributed by atoms with Crippen LogP contribution in [0.15, 0.2) is 29.5 Å². The lowest BCUT2D eigenvalue weighted by molar-refractivity contribution is -0.137. The average Bonchev–Trinajstić information content (AvgIpc) is 2.67. The van der Waals surface area contributed by atoms with Gasteiger partial charge in [0.05, 0.1) is 13.0 Å². The number of aliphatic carboxylic acids is 1. The first-order valence-corrected chi connectivity index (χ1v) is 5.88. The molecule has 0 amide bonds. The molecule has 5 heteroatoms. The molecule has 1 aromatic rings. The Balaban J connectivity index is 2.27. The minimum Gasteiger partial charge on any atom is -0.492 e. The van der Waals surface area contributed by atoms with Crippen molar-refractivity contribution >= 4 is 11.8 Å². The van der Waals surface area contributed by atoms with Crippen molar-refractivity contribution in [2.75, 3.05) is 6.61 Å². The number of rotatable bonds is 4. The zero-order valence-corrected chi connectivity index (χ0v) is 10.7. The topological polar surface area (TPSA) is 72.8 Å². The van der Waals surface area contributed by atoms with Crippen molar-refractivity contribution in [2.45, 2.75) is 20.3 Å². The lowest BCUT2D eigenvalue weighted by Gasteiger charge is -2.06. The Labute approximate surface area is 110 Å². The van der Waals surface area contributed by atoms with Gasteiger partial charge in [-0.25, -0.2) is 0 Å². The summed E-state index contributed by atoms with van der Waals surface area (Å²) in [6.07, 6.45) is -0.117. The second-order valence-electron chi connectivity index (χ2n) is 4.38. The van der Waals surface area contributed by atoms with E-state index in [0.29, 0.717) is 22.8 Å². The molecule has 1 heterocycles. The number of hydrogen-bond donors (Lipinski definition) is 1. The molecule has 19 heavy (non-hydrogen) atoms. The highest BCUT2D eigenvalue weighted by Gasteiger charge is 2.31. The van der Waals surface area contributed by atoms with Crippen LogP contribution in [-0.2, 0) is 4.79 Å². The molecule has 1 N–H and O–H groups in total. The van der Waals surface area contributed by atoms with E-state index in [2.05, 4.69) is 0 Å². The van der Waals surface area contributed by atoms with Crippen LogP contribution in [0.5, 0.6) is 11.5 Å². The molecule has 0 radical (unpaired) electrons. The number of ether oxygens (including phenoxy) is 2. The van der Waals surface area contributed by atoms with Gasteiger partial charge in [-0.15, -0.1) is 0 Å². The highest BCUT2D eigenvalue weighted by molar-refractivity contribution is 6.14. The zero-order valence-electron chi connectivity index (χ0n) is 10.7. The predicted octanol–water partition coefficient (Wildman–Crippen LogP) is 2.41. The van der Waals surface area contributed by atoms with Gasteiger partial charge in [0.15, 0.2) is 5.76 Å². The number of Topliss-reactive ketones (excluding diaryl/α,β-unsaturated/α-hetero) is 1. The maximum absolute atomic E-state index is 12.2. The SMILES string of the molecule is CC(C)=C1Oc2cccc(OCCC(=O)O)c2C1=O. The fraction of sp³-hybridized carbons (Fsp3) is 0.286. The number of carboxylic acid groups (broad SMARTS) is 1. The molecule has 1 aromatic carbocycles. The van der Waals surface area contributed by atoms with Gasteiger partial charge in [-0.3, -0.25) is 9.59 Å². The van der Waals surface area contributed by atoms with Gasteiger partial charge in [-0.05, 0) is 31.6 Å². The van der Waals surface area contributed by atoms with Crippen molar-refractivity contribution in [3.05, 3.63) is 35.1 Å². The van der Waals surface area contributed by atoms with Crippen LogP contribution in [0.25, 0.3) is 0 Å². The summed E-state index contributed by atoms with van der Waals surface area (Å²) in [6.45, 7) is 3.61. The third kappa shape index (κ3) is 2.59. The Bertz CT molecular complexity index is 567. The number of benzene rings is 1. The second-order valence-corrected chi connectivity index (χ2v) is 4.38. The lowest BCUT2D eigenvalue weighted by Crippen LogP contribution is -2.07. The third-order valence-corrected chi connectivity index (χ3v) is 2.66. The number of ketones is 1. The van der Waals surface area contributed by atoms with Gasteiger partial charge < -0.3 is 14.6 Å². The van der Waals surface area contributed by atoms with Crippen molar-refractivity contribution in [3.8, 4) is 11.5 Å². The van der Waals surface area contributed by atoms with E-state index in [1.807, 2.05) is 0 Å². The molecule has 2 rings (SSSR count). The van der Waals surface area contributed by atoms with Gasteiger partial charge in [-0.1, -0.05) is 6.07 Å². The van der Waals surface area contributed by atoms with E-state index in [1.165, 1.54) is 0 Å². The van der Waals surface area contributed by atoms with E-state index >= 15 is 0 Å². The summed E-state index contributed by atoms with van der Waals surface area (Å²) in [5.41, 5.74) is 1.15. The van der Waals surface area contributed by atoms with Crippen LogP contribution in [0.2, 0.25) is 0 Å². The molecule has 0 bridgehead atoms. The number of hydrogen-bond acceptors (Lipinski definition) is 4. The van der Waals surface area contributed by atoms with Gasteiger partial charge in [0.25, 0.3) is 0 Å². The van der Waals surface area contributed by atoms with Crippen molar-refractivity contribution in [1.29, 1.82) is 0 Å². The van der Waals surface area contributed by atoms with Crippen molar-refractivity contribution in [1.82, 2.24) is 0 Å². The van der Waals surface area contributed by atoms with Crippen molar-refractivity contribution in [3.63, 3.8) is 0 Å². The fourth-order valence-electron chi connectivity index (χ4n) is 1.79. The van der Waals surface area contributed by atoms with Crippen LogP contribution in [0.4, 0.5) is 0 Å². The minimum atomic E-state index is -0.944. The highest BCUT2D eigenvalue weighted by Crippen LogP contribution is 2.38. The Morgan fingerprint density at radius 3 is 2.74 bits per heavy atom. The molecule has 0 spiro atoms. The molecule has 0 aromatic heterocycles. The summed E-state index contributed by atoms with van der Waals surface area (Å²) in [7, 11) is 0. The summed E-state index contributed by atoms with van der Waals surface area (Å²) in [4.78, 5) is 22.6. The first kappa shape index (κ1) is 13.1. The molecule has 100 valence electrons. The maximum atomic E-state index is 12.2.